The average Bonchev–Trinajstić information content (AvgIpc) is 3.20. The molecule has 3 aromatic rings. The highest BCUT2D eigenvalue weighted by Crippen LogP contribution is 2.38. The summed E-state index contributed by atoms with van der Waals surface area (Å²) in [5, 5.41) is 3.67. The molecule has 1 atom stereocenters. The van der Waals surface area contributed by atoms with Crippen LogP contribution in [0.3, 0.4) is 0 Å². The summed E-state index contributed by atoms with van der Waals surface area (Å²) in [4.78, 5) is 33.8. The van der Waals surface area contributed by atoms with Gasteiger partial charge in [0.2, 0.25) is 5.91 Å². The summed E-state index contributed by atoms with van der Waals surface area (Å²) in [7, 11) is 0. The number of hydrogen-bond donors (Lipinski definition) is 0. The number of amides is 2. The molecule has 2 amide bonds. The number of nitrogens with zero attached hydrogens (tertiary/aromatic N) is 3. The number of thiophene rings is 1. The Morgan fingerprint density at radius 3 is 2.36 bits per heavy atom. The summed E-state index contributed by atoms with van der Waals surface area (Å²) in [6, 6.07) is 15.0. The molecule has 0 radical (unpaired) electrons. The third-order valence-corrected chi connectivity index (χ3v) is 8.68. The van der Waals surface area contributed by atoms with Crippen molar-refractivity contribution in [2.75, 3.05) is 39.3 Å². The molecular weight excluding hydrogens is 537 g/mol. The van der Waals surface area contributed by atoms with E-state index in [2.05, 4.69) is 28.5 Å². The van der Waals surface area contributed by atoms with E-state index in [0.29, 0.717) is 53.4 Å². The monoisotopic (exact) mass is 561 g/mol. The molecule has 0 spiro atoms. The molecule has 2 aliphatic rings. The van der Waals surface area contributed by atoms with E-state index < -0.39 is 0 Å². The molecule has 0 aliphatic carbocycles. The summed E-state index contributed by atoms with van der Waals surface area (Å²) < 4.78 is 0. The maximum absolute atomic E-state index is 13.5. The molecule has 3 heterocycles. The summed E-state index contributed by atoms with van der Waals surface area (Å²) in [5.74, 6) is -0.0405. The smallest absolute Gasteiger partial charge is 0.255 e. The van der Waals surface area contributed by atoms with Gasteiger partial charge in [-0.05, 0) is 65.7 Å². The topological polar surface area (TPSA) is 43.9 Å². The maximum atomic E-state index is 13.5. The standard InChI is InChI=1S/C27H26Cl3N3O2S/c28-19-4-2-18(3-5-19)26-22-9-15-36-24(22)8-12-33(26)17-25(34)31-10-1-11-32(14-13-31)27(35)21-7-6-20(29)16-23(21)30/h2-7,9,15-16,26H,1,8,10-14,17H2/t26-/m0/s1. The SMILES string of the molecule is O=C(CN1CCc2sccc2[C@@H]1c1ccc(Cl)cc1)N1CCCN(C(=O)c2ccc(Cl)cc2Cl)CC1. The van der Waals surface area contributed by atoms with E-state index in [1.165, 1.54) is 10.4 Å². The van der Waals surface area contributed by atoms with Crippen molar-refractivity contribution in [1.29, 1.82) is 0 Å². The normalized spacial score (nSPS) is 18.6. The van der Waals surface area contributed by atoms with E-state index in [9.17, 15) is 9.59 Å². The number of halogens is 3. The zero-order chi connectivity index (χ0) is 25.2. The van der Waals surface area contributed by atoms with Gasteiger partial charge in [0.1, 0.15) is 0 Å². The van der Waals surface area contributed by atoms with Gasteiger partial charge in [-0.15, -0.1) is 11.3 Å². The maximum Gasteiger partial charge on any atom is 0.255 e. The van der Waals surface area contributed by atoms with Crippen molar-refractivity contribution in [2.45, 2.75) is 18.9 Å². The number of carbonyl (C=O) groups excluding carboxylic acids is 2. The van der Waals surface area contributed by atoms with Crippen molar-refractivity contribution in [3.63, 3.8) is 0 Å². The number of benzene rings is 2. The lowest BCUT2D eigenvalue weighted by Crippen LogP contribution is -2.45. The van der Waals surface area contributed by atoms with Crippen LogP contribution < -0.4 is 0 Å². The van der Waals surface area contributed by atoms with Gasteiger partial charge in [-0.1, -0.05) is 46.9 Å². The van der Waals surface area contributed by atoms with E-state index in [4.69, 9.17) is 34.8 Å². The molecule has 2 aliphatic heterocycles. The molecule has 1 fully saturated rings. The highest BCUT2D eigenvalue weighted by Gasteiger charge is 2.32. The summed E-state index contributed by atoms with van der Waals surface area (Å²) in [5.41, 5.74) is 2.85. The van der Waals surface area contributed by atoms with Crippen molar-refractivity contribution in [1.82, 2.24) is 14.7 Å². The van der Waals surface area contributed by atoms with Gasteiger partial charge in [0, 0.05) is 47.6 Å². The van der Waals surface area contributed by atoms with Crippen LogP contribution in [0, 0.1) is 0 Å². The largest absolute Gasteiger partial charge is 0.340 e. The number of carbonyl (C=O) groups is 2. The first-order valence-corrected chi connectivity index (χ1v) is 14.0. The number of fused-ring (bicyclic) bond motifs is 1. The molecule has 1 saturated heterocycles. The second-order valence-electron chi connectivity index (χ2n) is 9.12. The van der Waals surface area contributed by atoms with Gasteiger partial charge in [-0.2, -0.15) is 0 Å². The first kappa shape index (κ1) is 25.6. The average molecular weight is 563 g/mol. The van der Waals surface area contributed by atoms with Crippen LogP contribution in [0.15, 0.2) is 53.9 Å². The Bertz CT molecular complexity index is 1260. The van der Waals surface area contributed by atoms with E-state index in [-0.39, 0.29) is 17.9 Å². The predicted molar refractivity (Wildman–Crippen MR) is 146 cm³/mol. The van der Waals surface area contributed by atoms with Gasteiger partial charge in [0.05, 0.1) is 23.2 Å². The second-order valence-corrected chi connectivity index (χ2v) is 11.4. The Hall–Kier alpha value is -2.09. The van der Waals surface area contributed by atoms with Gasteiger partial charge in [0.15, 0.2) is 0 Å². The minimum absolute atomic E-state index is 0.0262. The van der Waals surface area contributed by atoms with Crippen molar-refractivity contribution < 1.29 is 9.59 Å². The first-order valence-electron chi connectivity index (χ1n) is 12.0. The van der Waals surface area contributed by atoms with E-state index >= 15 is 0 Å². The van der Waals surface area contributed by atoms with E-state index in [0.717, 1.165) is 24.9 Å². The zero-order valence-electron chi connectivity index (χ0n) is 19.6. The second kappa shape index (κ2) is 11.1. The van der Waals surface area contributed by atoms with Crippen LogP contribution in [-0.4, -0.2) is 65.8 Å². The van der Waals surface area contributed by atoms with Crippen LogP contribution in [0.25, 0.3) is 0 Å². The van der Waals surface area contributed by atoms with Crippen LogP contribution in [-0.2, 0) is 11.2 Å². The predicted octanol–water partition coefficient (Wildman–Crippen LogP) is 6.03. The lowest BCUT2D eigenvalue weighted by atomic mass is 9.93. The Morgan fingerprint density at radius 1 is 0.861 bits per heavy atom. The third-order valence-electron chi connectivity index (χ3n) is 6.89. The summed E-state index contributed by atoms with van der Waals surface area (Å²) >= 11 is 20.2. The minimum Gasteiger partial charge on any atom is -0.340 e. The fraction of sp³-hybridized carbons (Fsp3) is 0.333. The Kier molecular flexibility index (Phi) is 7.89. The van der Waals surface area contributed by atoms with Gasteiger partial charge in [-0.25, -0.2) is 0 Å². The molecular formula is C27H26Cl3N3O2S. The van der Waals surface area contributed by atoms with Crippen molar-refractivity contribution in [3.05, 3.63) is 90.5 Å². The van der Waals surface area contributed by atoms with Crippen LogP contribution in [0.4, 0.5) is 0 Å². The lowest BCUT2D eigenvalue weighted by Gasteiger charge is -2.37. The van der Waals surface area contributed by atoms with Gasteiger partial charge >= 0.3 is 0 Å². The molecule has 0 unspecified atom stereocenters. The van der Waals surface area contributed by atoms with Crippen molar-refractivity contribution >= 4 is 58.0 Å². The fourth-order valence-electron chi connectivity index (χ4n) is 5.05. The lowest BCUT2D eigenvalue weighted by molar-refractivity contribution is -0.132. The highest BCUT2D eigenvalue weighted by molar-refractivity contribution is 7.10. The van der Waals surface area contributed by atoms with Gasteiger partial charge in [0.25, 0.3) is 5.91 Å². The molecule has 0 bridgehead atoms. The molecule has 5 nitrogen and oxygen atoms in total. The quantitative estimate of drug-likeness (QED) is 0.390. The first-order chi connectivity index (χ1) is 17.4. The van der Waals surface area contributed by atoms with Gasteiger partial charge in [-0.3, -0.25) is 14.5 Å². The van der Waals surface area contributed by atoms with E-state index in [1.54, 1.807) is 34.4 Å². The molecule has 1 aromatic heterocycles. The van der Waals surface area contributed by atoms with Crippen LogP contribution in [0.2, 0.25) is 15.1 Å². The van der Waals surface area contributed by atoms with Crippen LogP contribution in [0.1, 0.15) is 38.8 Å². The fourth-order valence-corrected chi connectivity index (χ4v) is 6.57. The van der Waals surface area contributed by atoms with Crippen LogP contribution >= 0.6 is 46.1 Å². The summed E-state index contributed by atoms with van der Waals surface area (Å²) in [6.45, 7) is 3.33. The molecule has 9 heteroatoms. The van der Waals surface area contributed by atoms with Crippen molar-refractivity contribution in [2.24, 2.45) is 0 Å². The minimum atomic E-state index is -0.130. The Labute approximate surface area is 230 Å². The molecule has 36 heavy (non-hydrogen) atoms. The van der Waals surface area contributed by atoms with Crippen molar-refractivity contribution in [3.8, 4) is 0 Å². The van der Waals surface area contributed by atoms with Crippen LogP contribution in [0.5, 0.6) is 0 Å². The molecule has 0 saturated carbocycles. The Morgan fingerprint density at radius 2 is 1.58 bits per heavy atom. The number of rotatable bonds is 4. The highest BCUT2D eigenvalue weighted by atomic mass is 35.5. The molecule has 188 valence electrons. The molecule has 0 N–H and O–H groups in total. The Balaban J connectivity index is 1.27. The molecule has 2 aromatic carbocycles. The summed E-state index contributed by atoms with van der Waals surface area (Å²) in [6.07, 6.45) is 1.66. The third kappa shape index (κ3) is 5.43. The van der Waals surface area contributed by atoms with Gasteiger partial charge < -0.3 is 9.80 Å². The van der Waals surface area contributed by atoms with E-state index in [1.807, 2.05) is 17.0 Å². The molecule has 5 rings (SSSR count). The zero-order valence-corrected chi connectivity index (χ0v) is 22.7. The number of hydrogen-bond acceptors (Lipinski definition) is 4.